The Morgan fingerprint density at radius 2 is 1.45 bits per heavy atom. The molecule has 5 heteroatoms. The van der Waals surface area contributed by atoms with Gasteiger partial charge >= 0.3 is 0 Å². The van der Waals surface area contributed by atoms with Crippen molar-refractivity contribution in [2.24, 2.45) is 11.3 Å². The zero-order valence-corrected chi connectivity index (χ0v) is 23.5. The number of rotatable bonds is 5. The van der Waals surface area contributed by atoms with Gasteiger partial charge in [0.15, 0.2) is 17.3 Å². The van der Waals surface area contributed by atoms with Crippen molar-refractivity contribution in [3.63, 3.8) is 0 Å². The molecule has 4 aromatic carbocycles. The minimum Gasteiger partial charge on any atom is -0.352 e. The largest absolute Gasteiger partial charge is 0.352 e. The first-order chi connectivity index (χ1) is 20.3. The monoisotopic (exact) mass is 555 g/mol. The second-order valence-corrected chi connectivity index (χ2v) is 12.0. The van der Waals surface area contributed by atoms with E-state index in [2.05, 4.69) is 13.8 Å². The lowest BCUT2D eigenvalue weighted by Gasteiger charge is -2.37. The fourth-order valence-electron chi connectivity index (χ4n) is 7.41. The summed E-state index contributed by atoms with van der Waals surface area (Å²) >= 11 is 0. The van der Waals surface area contributed by atoms with Gasteiger partial charge < -0.3 is 4.90 Å². The summed E-state index contributed by atoms with van der Waals surface area (Å²) in [4.78, 5) is 46.0. The van der Waals surface area contributed by atoms with Gasteiger partial charge in [-0.05, 0) is 47.2 Å². The standard InChI is InChI=1S/C37H30FNO3/c1-22(2)21-23-11-13-26(14-12-23)34(40)33-32(25-15-18-27(38)19-16-25)37(35(41)28-8-4-5-9-29(28)36(37)42)31-20-17-24-7-3-6-10-30(24)39(31)33/h3-20,22,31-33H,21H2,1-2H3/t31?,32-,33+/m1/s1. The normalized spacial score (nSPS) is 21.5. The molecule has 7 rings (SSSR count). The van der Waals surface area contributed by atoms with Gasteiger partial charge in [0.05, 0.1) is 6.04 Å². The van der Waals surface area contributed by atoms with Crippen molar-refractivity contribution in [1.29, 1.82) is 0 Å². The maximum atomic E-state index is 14.8. The van der Waals surface area contributed by atoms with Gasteiger partial charge in [0.2, 0.25) is 0 Å². The molecule has 0 amide bonds. The molecule has 0 bridgehead atoms. The second kappa shape index (κ2) is 9.73. The highest BCUT2D eigenvalue weighted by molar-refractivity contribution is 6.32. The fourth-order valence-corrected chi connectivity index (χ4v) is 7.41. The average Bonchev–Trinajstić information content (AvgIpc) is 3.43. The van der Waals surface area contributed by atoms with Gasteiger partial charge in [-0.15, -0.1) is 0 Å². The van der Waals surface area contributed by atoms with E-state index < -0.39 is 29.2 Å². The smallest absolute Gasteiger partial charge is 0.185 e. The molecule has 1 aliphatic carbocycles. The van der Waals surface area contributed by atoms with Crippen LogP contribution in [0.15, 0.2) is 103 Å². The number of carbonyl (C=O) groups excluding carboxylic acids is 3. The second-order valence-electron chi connectivity index (χ2n) is 12.0. The Balaban J connectivity index is 1.48. The Hall–Kier alpha value is -4.64. The first kappa shape index (κ1) is 26.3. The van der Waals surface area contributed by atoms with E-state index in [9.17, 15) is 18.8 Å². The molecule has 0 N–H and O–H groups in total. The van der Waals surface area contributed by atoms with Gasteiger partial charge in [-0.3, -0.25) is 14.4 Å². The maximum absolute atomic E-state index is 14.8. The molecule has 1 fully saturated rings. The molecular weight excluding hydrogens is 525 g/mol. The lowest BCUT2D eigenvalue weighted by Crippen LogP contribution is -2.48. The number of Topliss-reactive ketones (excluding diaryl/α,β-unsaturated/α-hetero) is 3. The van der Waals surface area contributed by atoms with Crippen molar-refractivity contribution >= 4 is 29.1 Å². The van der Waals surface area contributed by atoms with Gasteiger partial charge in [-0.1, -0.05) is 105 Å². The van der Waals surface area contributed by atoms with Crippen LogP contribution >= 0.6 is 0 Å². The highest BCUT2D eigenvalue weighted by atomic mass is 19.1. The van der Waals surface area contributed by atoms with Crippen molar-refractivity contribution in [2.75, 3.05) is 4.90 Å². The fraction of sp³-hybridized carbons (Fsp3) is 0.216. The van der Waals surface area contributed by atoms with Crippen LogP contribution in [0.5, 0.6) is 0 Å². The Morgan fingerprint density at radius 1 is 0.833 bits per heavy atom. The topological polar surface area (TPSA) is 54.5 Å². The lowest BCUT2D eigenvalue weighted by atomic mass is 9.64. The zero-order chi connectivity index (χ0) is 29.2. The summed E-state index contributed by atoms with van der Waals surface area (Å²) in [6, 6.07) is 26.6. The summed E-state index contributed by atoms with van der Waals surface area (Å²) in [6.45, 7) is 4.30. The van der Waals surface area contributed by atoms with Gasteiger partial charge in [0.1, 0.15) is 17.3 Å². The zero-order valence-electron chi connectivity index (χ0n) is 23.5. The predicted molar refractivity (Wildman–Crippen MR) is 162 cm³/mol. The quantitative estimate of drug-likeness (QED) is 0.191. The Bertz CT molecular complexity index is 1730. The van der Waals surface area contributed by atoms with Crippen molar-refractivity contribution in [1.82, 2.24) is 0 Å². The van der Waals surface area contributed by atoms with E-state index in [1.165, 1.54) is 12.1 Å². The summed E-state index contributed by atoms with van der Waals surface area (Å²) in [5, 5.41) is 0. The van der Waals surface area contributed by atoms with Crippen LogP contribution in [-0.2, 0) is 6.42 Å². The predicted octanol–water partition coefficient (Wildman–Crippen LogP) is 7.34. The maximum Gasteiger partial charge on any atom is 0.185 e. The van der Waals surface area contributed by atoms with Crippen molar-refractivity contribution in [3.05, 3.63) is 142 Å². The van der Waals surface area contributed by atoms with Crippen molar-refractivity contribution in [3.8, 4) is 0 Å². The van der Waals surface area contributed by atoms with E-state index in [4.69, 9.17) is 0 Å². The number of nitrogens with zero attached hydrogens (tertiary/aromatic N) is 1. The number of halogens is 1. The molecule has 0 radical (unpaired) electrons. The molecule has 1 unspecified atom stereocenters. The van der Waals surface area contributed by atoms with Crippen LogP contribution in [-0.4, -0.2) is 29.4 Å². The number of benzene rings is 4. The highest BCUT2D eigenvalue weighted by Gasteiger charge is 2.71. The van der Waals surface area contributed by atoms with E-state index in [0.29, 0.717) is 28.2 Å². The van der Waals surface area contributed by atoms with E-state index in [0.717, 1.165) is 23.2 Å². The van der Waals surface area contributed by atoms with Crippen LogP contribution in [0.2, 0.25) is 0 Å². The molecular formula is C37H30FNO3. The third-order valence-electron chi connectivity index (χ3n) is 9.09. The lowest BCUT2D eigenvalue weighted by molar-refractivity contribution is 0.0666. The number of carbonyl (C=O) groups is 3. The van der Waals surface area contributed by atoms with E-state index in [-0.39, 0.29) is 17.3 Å². The molecule has 1 saturated heterocycles. The summed E-state index contributed by atoms with van der Waals surface area (Å²) in [5.74, 6) is -1.57. The average molecular weight is 556 g/mol. The molecule has 3 aliphatic rings. The minimum atomic E-state index is -1.59. The van der Waals surface area contributed by atoms with Gasteiger partial charge in [0, 0.05) is 28.3 Å². The first-order valence-electron chi connectivity index (χ1n) is 14.4. The molecule has 3 atom stereocenters. The summed E-state index contributed by atoms with van der Waals surface area (Å²) in [7, 11) is 0. The highest BCUT2D eigenvalue weighted by Crippen LogP contribution is 2.60. The van der Waals surface area contributed by atoms with Crippen LogP contribution in [0.3, 0.4) is 0 Å². The van der Waals surface area contributed by atoms with Crippen LogP contribution in [0.1, 0.15) is 67.5 Å². The van der Waals surface area contributed by atoms with Gasteiger partial charge in [-0.25, -0.2) is 4.39 Å². The van der Waals surface area contributed by atoms with E-state index in [1.54, 1.807) is 36.4 Å². The molecule has 208 valence electrons. The number of hydrogen-bond donors (Lipinski definition) is 0. The molecule has 4 nitrogen and oxygen atoms in total. The van der Waals surface area contributed by atoms with Crippen molar-refractivity contribution < 1.29 is 18.8 Å². The number of ketones is 3. The van der Waals surface area contributed by atoms with Crippen LogP contribution < -0.4 is 4.90 Å². The Morgan fingerprint density at radius 3 is 2.10 bits per heavy atom. The van der Waals surface area contributed by atoms with Crippen LogP contribution in [0.4, 0.5) is 10.1 Å². The number of para-hydroxylation sites is 1. The third kappa shape index (κ3) is 3.69. The van der Waals surface area contributed by atoms with Gasteiger partial charge in [0.25, 0.3) is 0 Å². The molecule has 0 saturated carbocycles. The van der Waals surface area contributed by atoms with Crippen LogP contribution in [0.25, 0.3) is 6.08 Å². The van der Waals surface area contributed by atoms with Gasteiger partial charge in [-0.2, -0.15) is 0 Å². The molecule has 2 aliphatic heterocycles. The molecule has 4 aromatic rings. The molecule has 42 heavy (non-hydrogen) atoms. The number of hydrogen-bond acceptors (Lipinski definition) is 4. The summed E-state index contributed by atoms with van der Waals surface area (Å²) < 4.78 is 14.2. The Kier molecular flexibility index (Phi) is 6.09. The minimum absolute atomic E-state index is 0.177. The molecule has 1 spiro atoms. The third-order valence-corrected chi connectivity index (χ3v) is 9.09. The van der Waals surface area contributed by atoms with Crippen LogP contribution in [0, 0.1) is 17.2 Å². The SMILES string of the molecule is CC(C)Cc1ccc(C(=O)[C@@H]2[C@@H](c3ccc(F)cc3)C3(C(=O)c4ccccc4C3=O)C3C=Cc4ccccc4N32)cc1. The summed E-state index contributed by atoms with van der Waals surface area (Å²) in [5.41, 5.74) is 3.08. The molecule has 0 aromatic heterocycles. The summed E-state index contributed by atoms with van der Waals surface area (Å²) in [6.07, 6.45) is 4.74. The number of anilines is 1. The Labute approximate surface area is 244 Å². The van der Waals surface area contributed by atoms with E-state index in [1.807, 2.05) is 65.6 Å². The van der Waals surface area contributed by atoms with E-state index >= 15 is 0 Å². The first-order valence-corrected chi connectivity index (χ1v) is 14.4. The molecule has 2 heterocycles. The number of fused-ring (bicyclic) bond motifs is 5. The van der Waals surface area contributed by atoms with Crippen molar-refractivity contribution in [2.45, 2.75) is 38.3 Å².